The molecule has 0 atom stereocenters. The maximum absolute atomic E-state index is 10.8. The van der Waals surface area contributed by atoms with E-state index in [0.29, 0.717) is 0 Å². The van der Waals surface area contributed by atoms with Crippen molar-refractivity contribution in [1.29, 1.82) is 0 Å². The molecule has 0 amide bonds. The first-order valence-electron chi connectivity index (χ1n) is 7.06. The first-order valence-corrected chi connectivity index (χ1v) is 7.06. The topological polar surface area (TPSA) is 101 Å². The average Bonchev–Trinajstić information content (AvgIpc) is 2.56. The molecule has 0 bridgehead atoms. The van der Waals surface area contributed by atoms with E-state index in [1.54, 1.807) is 6.08 Å². The number of aliphatic carboxylic acids is 1. The quantitative estimate of drug-likeness (QED) is 0.294. The van der Waals surface area contributed by atoms with E-state index < -0.39 is 5.97 Å². The van der Waals surface area contributed by atoms with Crippen LogP contribution in [0.3, 0.4) is 0 Å². The summed E-state index contributed by atoms with van der Waals surface area (Å²) in [4.78, 5) is 10.8. The largest absolute Gasteiger partial charge is 0.477 e. The summed E-state index contributed by atoms with van der Waals surface area (Å²) in [5.74, 6) is 4.07. The number of carbonyl (C=O) groups is 1. The molecule has 0 aromatic heterocycles. The molecule has 2 aromatic carbocycles. The second-order valence-corrected chi connectivity index (χ2v) is 5.05. The van der Waals surface area contributed by atoms with E-state index in [1.165, 1.54) is 17.2 Å². The Morgan fingerprint density at radius 1 is 1.13 bits per heavy atom. The summed E-state index contributed by atoms with van der Waals surface area (Å²) in [6.07, 6.45) is 3.28. The van der Waals surface area contributed by atoms with Crippen molar-refractivity contribution in [3.63, 3.8) is 0 Å². The Hall–Kier alpha value is -3.05. The molecule has 5 heteroatoms. The van der Waals surface area contributed by atoms with E-state index in [4.69, 9.17) is 16.7 Å². The van der Waals surface area contributed by atoms with Crippen LogP contribution in [0.1, 0.15) is 11.1 Å². The monoisotopic (exact) mass is 309 g/mol. The maximum atomic E-state index is 10.8. The number of nitrogens with one attached hydrogen (secondary N) is 1. The molecule has 0 fully saturated rings. The van der Waals surface area contributed by atoms with E-state index in [9.17, 15) is 4.79 Å². The Labute approximate surface area is 134 Å². The number of allylic oxidation sites excluding steroid dienone is 1. The third kappa shape index (κ3) is 3.99. The van der Waals surface area contributed by atoms with Crippen molar-refractivity contribution in [2.45, 2.75) is 6.92 Å². The van der Waals surface area contributed by atoms with Crippen molar-refractivity contribution >= 4 is 12.0 Å². The van der Waals surface area contributed by atoms with E-state index in [1.807, 2.05) is 36.4 Å². The number of hydrogen-bond acceptors (Lipinski definition) is 4. The molecule has 23 heavy (non-hydrogen) atoms. The van der Waals surface area contributed by atoms with Gasteiger partial charge in [0.1, 0.15) is 5.70 Å². The van der Waals surface area contributed by atoms with Crippen LogP contribution in [-0.2, 0) is 4.79 Å². The van der Waals surface area contributed by atoms with Gasteiger partial charge in [-0.25, -0.2) is 4.79 Å². The highest BCUT2D eigenvalue weighted by molar-refractivity contribution is 5.87. The highest BCUT2D eigenvalue weighted by Gasteiger charge is 2.06. The number of nitrogens with two attached hydrogens (primary N) is 2. The van der Waals surface area contributed by atoms with Gasteiger partial charge in [-0.05, 0) is 35.3 Å². The van der Waals surface area contributed by atoms with Crippen LogP contribution in [0.5, 0.6) is 0 Å². The summed E-state index contributed by atoms with van der Waals surface area (Å²) in [5, 5.41) is 8.86. The van der Waals surface area contributed by atoms with Gasteiger partial charge in [0, 0.05) is 0 Å². The number of aryl methyl sites for hydroxylation is 1. The molecule has 0 saturated carbocycles. The summed E-state index contributed by atoms with van der Waals surface area (Å²) in [5.41, 5.74) is 12.0. The molecule has 2 rings (SSSR count). The van der Waals surface area contributed by atoms with Gasteiger partial charge in [-0.2, -0.15) is 0 Å². The van der Waals surface area contributed by atoms with Gasteiger partial charge < -0.3 is 16.3 Å². The van der Waals surface area contributed by atoms with Crippen molar-refractivity contribution in [2.75, 3.05) is 0 Å². The summed E-state index contributed by atoms with van der Waals surface area (Å²) >= 11 is 0. The average molecular weight is 309 g/mol. The highest BCUT2D eigenvalue weighted by atomic mass is 16.4. The second kappa shape index (κ2) is 7.29. The van der Waals surface area contributed by atoms with E-state index in [-0.39, 0.29) is 11.4 Å². The van der Waals surface area contributed by atoms with Gasteiger partial charge in [-0.1, -0.05) is 54.6 Å². The van der Waals surface area contributed by atoms with Crippen LogP contribution in [0.2, 0.25) is 0 Å². The Balaban J connectivity index is 2.24. The smallest absolute Gasteiger partial charge is 0.353 e. The van der Waals surface area contributed by atoms with Crippen LogP contribution in [0.25, 0.3) is 17.2 Å². The minimum absolute atomic E-state index is 0.153. The molecule has 5 nitrogen and oxygen atoms in total. The molecule has 0 heterocycles. The highest BCUT2D eigenvalue weighted by Crippen LogP contribution is 2.23. The first kappa shape index (κ1) is 16.3. The molecule has 0 aliphatic carbocycles. The van der Waals surface area contributed by atoms with Crippen LogP contribution in [0.4, 0.5) is 0 Å². The Bertz CT molecular complexity index is 762. The van der Waals surface area contributed by atoms with Gasteiger partial charge in [-0.15, -0.1) is 0 Å². The fraction of sp³-hybridized carbons (Fsp3) is 0.0556. The molecule has 2 aromatic rings. The molecule has 118 valence electrons. The minimum atomic E-state index is -1.22. The van der Waals surface area contributed by atoms with Gasteiger partial charge in [0.2, 0.25) is 0 Å². The van der Waals surface area contributed by atoms with Crippen molar-refractivity contribution in [3.05, 3.63) is 77.1 Å². The van der Waals surface area contributed by atoms with Crippen molar-refractivity contribution in [2.24, 2.45) is 11.6 Å². The lowest BCUT2D eigenvalue weighted by atomic mass is 9.99. The van der Waals surface area contributed by atoms with Gasteiger partial charge in [-0.3, -0.25) is 5.84 Å². The second-order valence-electron chi connectivity index (χ2n) is 5.05. The first-order chi connectivity index (χ1) is 11.0. The summed E-state index contributed by atoms with van der Waals surface area (Å²) in [7, 11) is 0. The lowest BCUT2D eigenvalue weighted by Crippen LogP contribution is -2.26. The van der Waals surface area contributed by atoms with E-state index in [0.717, 1.165) is 11.1 Å². The molecule has 0 aliphatic heterocycles. The van der Waals surface area contributed by atoms with E-state index >= 15 is 0 Å². The Morgan fingerprint density at radius 3 is 2.35 bits per heavy atom. The van der Waals surface area contributed by atoms with Crippen molar-refractivity contribution < 1.29 is 9.90 Å². The molecule has 0 aliphatic rings. The summed E-state index contributed by atoms with van der Waals surface area (Å²) in [6, 6.07) is 16.1. The zero-order valence-corrected chi connectivity index (χ0v) is 12.8. The third-order valence-electron chi connectivity index (χ3n) is 3.49. The number of carboxylic acids is 1. The molecular weight excluding hydrogens is 290 g/mol. The van der Waals surface area contributed by atoms with E-state index in [2.05, 4.69) is 24.5 Å². The van der Waals surface area contributed by atoms with Crippen LogP contribution < -0.4 is 17.0 Å². The van der Waals surface area contributed by atoms with Gasteiger partial charge in [0.25, 0.3) is 0 Å². The SMILES string of the molecule is Cc1ccccc1-c1ccc(/C=C/C(NN)=C(/N)C(=O)O)cc1. The van der Waals surface area contributed by atoms with Crippen molar-refractivity contribution in [1.82, 2.24) is 5.43 Å². The fourth-order valence-electron chi connectivity index (χ4n) is 2.18. The normalized spacial score (nSPS) is 12.1. The summed E-state index contributed by atoms with van der Waals surface area (Å²) in [6.45, 7) is 2.07. The van der Waals surface area contributed by atoms with Crippen LogP contribution in [0, 0.1) is 6.92 Å². The van der Waals surface area contributed by atoms with Crippen LogP contribution in [0.15, 0.2) is 66.0 Å². The summed E-state index contributed by atoms with van der Waals surface area (Å²) < 4.78 is 0. The number of rotatable bonds is 5. The number of hydrazine groups is 1. The number of hydrogen-bond donors (Lipinski definition) is 4. The lowest BCUT2D eigenvalue weighted by Gasteiger charge is -2.06. The lowest BCUT2D eigenvalue weighted by molar-refractivity contribution is -0.132. The zero-order chi connectivity index (χ0) is 16.8. The Morgan fingerprint density at radius 2 is 1.78 bits per heavy atom. The third-order valence-corrected chi connectivity index (χ3v) is 3.49. The molecular formula is C18H19N3O2. The number of carboxylic acid groups (broad SMARTS) is 1. The standard InChI is InChI=1S/C18H19N3O2/c1-12-4-2-3-5-15(12)14-9-6-13(7-10-14)8-11-16(21-20)17(19)18(22)23/h2-11,21H,19-20H2,1H3,(H,22,23)/b11-8+,17-16-. The minimum Gasteiger partial charge on any atom is -0.477 e. The molecule has 6 N–H and O–H groups in total. The van der Waals surface area contributed by atoms with Crippen LogP contribution >= 0.6 is 0 Å². The van der Waals surface area contributed by atoms with Crippen LogP contribution in [-0.4, -0.2) is 11.1 Å². The number of benzene rings is 2. The fourth-order valence-corrected chi connectivity index (χ4v) is 2.18. The molecule has 0 spiro atoms. The van der Waals surface area contributed by atoms with Gasteiger partial charge in [0.15, 0.2) is 0 Å². The molecule has 0 unspecified atom stereocenters. The predicted molar refractivity (Wildman–Crippen MR) is 91.8 cm³/mol. The van der Waals surface area contributed by atoms with Gasteiger partial charge in [0.05, 0.1) is 5.70 Å². The molecule has 0 radical (unpaired) electrons. The molecule has 0 saturated heterocycles. The predicted octanol–water partition coefficient (Wildman–Crippen LogP) is 2.39. The van der Waals surface area contributed by atoms with Crippen molar-refractivity contribution in [3.8, 4) is 11.1 Å². The van der Waals surface area contributed by atoms with Gasteiger partial charge >= 0.3 is 5.97 Å². The zero-order valence-electron chi connectivity index (χ0n) is 12.8. The Kier molecular flexibility index (Phi) is 5.17. The maximum Gasteiger partial charge on any atom is 0.353 e.